The quantitative estimate of drug-likeness (QED) is 0.692. The lowest BCUT2D eigenvalue weighted by Gasteiger charge is -2.04. The Morgan fingerprint density at radius 3 is 2.30 bits per heavy atom. The summed E-state index contributed by atoms with van der Waals surface area (Å²) in [6, 6.07) is 11.4. The van der Waals surface area contributed by atoms with Gasteiger partial charge in [0.05, 0.1) is 4.92 Å². The summed E-state index contributed by atoms with van der Waals surface area (Å²) in [4.78, 5) is 23.0. The van der Waals surface area contributed by atoms with Crippen LogP contribution in [0.1, 0.15) is 10.4 Å². The molecule has 0 aliphatic carbocycles. The molecule has 0 aliphatic heterocycles. The molecule has 0 saturated heterocycles. The van der Waals surface area contributed by atoms with Gasteiger partial charge >= 0.3 is 0 Å². The fourth-order valence-corrected chi connectivity index (χ4v) is 2.56. The Balaban J connectivity index is 2.34. The normalized spacial score (nSPS) is 10.2. The van der Waals surface area contributed by atoms with E-state index < -0.39 is 10.8 Å². The Bertz CT molecular complexity index is 674. The molecule has 0 radical (unpaired) electrons. The molecule has 0 heterocycles. The Hall–Kier alpha value is -2.05. The summed E-state index contributed by atoms with van der Waals surface area (Å²) in [6.45, 7) is 0. The van der Waals surface area contributed by atoms with Crippen LogP contribution in [0.15, 0.2) is 52.3 Å². The minimum absolute atomic E-state index is 0.103. The monoisotopic (exact) mass is 308 g/mol. The average molecular weight is 309 g/mol. The number of rotatable bonds is 4. The van der Waals surface area contributed by atoms with Gasteiger partial charge in [-0.15, -0.1) is 0 Å². The van der Waals surface area contributed by atoms with Crippen molar-refractivity contribution >= 4 is 35.0 Å². The van der Waals surface area contributed by atoms with Crippen LogP contribution in [-0.4, -0.2) is 10.8 Å². The lowest BCUT2D eigenvalue weighted by molar-refractivity contribution is -0.385. The molecule has 0 aliphatic rings. The molecule has 0 saturated carbocycles. The van der Waals surface area contributed by atoms with E-state index in [2.05, 4.69) is 0 Å². The van der Waals surface area contributed by atoms with Crippen molar-refractivity contribution in [2.45, 2.75) is 9.79 Å². The lowest BCUT2D eigenvalue weighted by atomic mass is 10.2. The largest absolute Gasteiger partial charge is 0.365 e. The van der Waals surface area contributed by atoms with Gasteiger partial charge in [0.15, 0.2) is 0 Å². The summed E-state index contributed by atoms with van der Waals surface area (Å²) in [5, 5.41) is 11.4. The third kappa shape index (κ3) is 3.28. The number of amides is 1. The number of carbonyl (C=O) groups is 1. The van der Waals surface area contributed by atoms with Gasteiger partial charge in [0.1, 0.15) is 5.56 Å². The maximum Gasteiger partial charge on any atom is 0.282 e. The molecule has 0 spiro atoms. The molecule has 1 amide bonds. The topological polar surface area (TPSA) is 86.2 Å². The molecule has 7 heteroatoms. The van der Waals surface area contributed by atoms with Crippen molar-refractivity contribution in [1.29, 1.82) is 0 Å². The van der Waals surface area contributed by atoms with E-state index in [1.54, 1.807) is 18.2 Å². The van der Waals surface area contributed by atoms with Gasteiger partial charge in [-0.2, -0.15) is 0 Å². The van der Waals surface area contributed by atoms with Crippen LogP contribution in [0.4, 0.5) is 5.69 Å². The van der Waals surface area contributed by atoms with Gasteiger partial charge in [0.25, 0.3) is 11.6 Å². The number of hydrogen-bond acceptors (Lipinski definition) is 4. The highest BCUT2D eigenvalue weighted by atomic mass is 35.5. The predicted octanol–water partition coefficient (Wildman–Crippen LogP) is 3.50. The Kier molecular flexibility index (Phi) is 4.26. The molecular formula is C13H9ClN2O3S. The summed E-state index contributed by atoms with van der Waals surface area (Å²) in [7, 11) is 0. The second-order valence-corrected chi connectivity index (χ2v) is 5.44. The SMILES string of the molecule is NC(=O)c1cc(Sc2ccc(Cl)cc2)ccc1[N+](=O)[O-]. The highest BCUT2D eigenvalue weighted by Crippen LogP contribution is 2.31. The zero-order chi connectivity index (χ0) is 14.7. The number of nitrogens with zero attached hydrogens (tertiary/aromatic N) is 1. The van der Waals surface area contributed by atoms with Crippen molar-refractivity contribution < 1.29 is 9.72 Å². The fourth-order valence-electron chi connectivity index (χ4n) is 1.57. The molecule has 2 N–H and O–H groups in total. The van der Waals surface area contributed by atoms with E-state index >= 15 is 0 Å². The first-order valence-electron chi connectivity index (χ1n) is 5.49. The van der Waals surface area contributed by atoms with E-state index in [1.165, 1.54) is 23.9 Å². The average Bonchev–Trinajstić information content (AvgIpc) is 2.41. The van der Waals surface area contributed by atoms with Crippen LogP contribution in [-0.2, 0) is 0 Å². The molecule has 5 nitrogen and oxygen atoms in total. The molecule has 2 rings (SSSR count). The summed E-state index contributed by atoms with van der Waals surface area (Å²) in [6.07, 6.45) is 0. The lowest BCUT2D eigenvalue weighted by Crippen LogP contribution is -2.13. The Morgan fingerprint density at radius 1 is 1.15 bits per heavy atom. The van der Waals surface area contributed by atoms with Crippen molar-refractivity contribution in [2.75, 3.05) is 0 Å². The van der Waals surface area contributed by atoms with E-state index in [-0.39, 0.29) is 11.3 Å². The first kappa shape index (κ1) is 14.4. The Morgan fingerprint density at radius 2 is 1.75 bits per heavy atom. The molecule has 0 atom stereocenters. The molecule has 0 aromatic heterocycles. The van der Waals surface area contributed by atoms with Gasteiger partial charge in [0.2, 0.25) is 0 Å². The predicted molar refractivity (Wildman–Crippen MR) is 77.2 cm³/mol. The van der Waals surface area contributed by atoms with E-state index in [0.29, 0.717) is 9.92 Å². The van der Waals surface area contributed by atoms with Crippen LogP contribution in [0, 0.1) is 10.1 Å². The molecule has 102 valence electrons. The van der Waals surface area contributed by atoms with Gasteiger partial charge in [-0.05, 0) is 36.4 Å². The highest BCUT2D eigenvalue weighted by molar-refractivity contribution is 7.99. The summed E-state index contributed by atoms with van der Waals surface area (Å²) in [5.41, 5.74) is 4.77. The smallest absolute Gasteiger partial charge is 0.282 e. The second kappa shape index (κ2) is 5.94. The zero-order valence-corrected chi connectivity index (χ0v) is 11.6. The molecule has 0 bridgehead atoms. The van der Waals surface area contributed by atoms with E-state index in [4.69, 9.17) is 17.3 Å². The van der Waals surface area contributed by atoms with Crippen LogP contribution >= 0.6 is 23.4 Å². The van der Waals surface area contributed by atoms with E-state index in [1.807, 2.05) is 12.1 Å². The van der Waals surface area contributed by atoms with Crippen LogP contribution in [0.3, 0.4) is 0 Å². The minimum atomic E-state index is -0.824. The van der Waals surface area contributed by atoms with Gasteiger partial charge in [-0.25, -0.2) is 0 Å². The number of benzene rings is 2. The van der Waals surface area contributed by atoms with Gasteiger partial charge < -0.3 is 5.73 Å². The minimum Gasteiger partial charge on any atom is -0.365 e. The fraction of sp³-hybridized carbons (Fsp3) is 0. The number of primary amides is 1. The molecular weight excluding hydrogens is 300 g/mol. The van der Waals surface area contributed by atoms with Crippen molar-refractivity contribution in [3.63, 3.8) is 0 Å². The van der Waals surface area contributed by atoms with Crippen molar-refractivity contribution in [1.82, 2.24) is 0 Å². The van der Waals surface area contributed by atoms with Crippen LogP contribution in [0.2, 0.25) is 5.02 Å². The van der Waals surface area contributed by atoms with E-state index in [0.717, 1.165) is 4.90 Å². The zero-order valence-electron chi connectivity index (χ0n) is 10.1. The summed E-state index contributed by atoms with van der Waals surface area (Å²) < 4.78 is 0. The molecule has 0 fully saturated rings. The summed E-state index contributed by atoms with van der Waals surface area (Å²) >= 11 is 7.15. The number of nitro benzene ring substituents is 1. The second-order valence-electron chi connectivity index (χ2n) is 3.86. The first-order valence-corrected chi connectivity index (χ1v) is 6.68. The van der Waals surface area contributed by atoms with Crippen molar-refractivity contribution in [3.8, 4) is 0 Å². The molecule has 0 unspecified atom stereocenters. The number of halogens is 1. The van der Waals surface area contributed by atoms with Crippen LogP contribution in [0.25, 0.3) is 0 Å². The third-order valence-electron chi connectivity index (χ3n) is 2.48. The maximum absolute atomic E-state index is 11.3. The third-order valence-corrected chi connectivity index (χ3v) is 3.73. The van der Waals surface area contributed by atoms with Gasteiger partial charge in [0, 0.05) is 20.9 Å². The number of carbonyl (C=O) groups excluding carboxylic acids is 1. The standard InChI is InChI=1S/C13H9ClN2O3S/c14-8-1-3-9(4-2-8)20-10-5-6-12(16(18)19)11(7-10)13(15)17/h1-7H,(H2,15,17). The van der Waals surface area contributed by atoms with Crippen LogP contribution in [0.5, 0.6) is 0 Å². The van der Waals surface area contributed by atoms with Gasteiger partial charge in [-0.1, -0.05) is 23.4 Å². The molecule has 20 heavy (non-hydrogen) atoms. The van der Waals surface area contributed by atoms with Crippen LogP contribution < -0.4 is 5.73 Å². The first-order chi connectivity index (χ1) is 9.47. The summed E-state index contributed by atoms with van der Waals surface area (Å²) in [5.74, 6) is -0.824. The maximum atomic E-state index is 11.3. The number of nitrogens with two attached hydrogens (primary N) is 1. The van der Waals surface area contributed by atoms with Crippen molar-refractivity contribution in [2.24, 2.45) is 5.73 Å². The molecule has 2 aromatic rings. The van der Waals surface area contributed by atoms with Crippen molar-refractivity contribution in [3.05, 3.63) is 63.2 Å². The van der Waals surface area contributed by atoms with E-state index in [9.17, 15) is 14.9 Å². The number of nitro groups is 1. The Labute approximate surface area is 123 Å². The highest BCUT2D eigenvalue weighted by Gasteiger charge is 2.18. The van der Waals surface area contributed by atoms with Gasteiger partial charge in [-0.3, -0.25) is 14.9 Å². The number of hydrogen-bond donors (Lipinski definition) is 1. The molecule has 2 aromatic carbocycles.